The van der Waals surface area contributed by atoms with Gasteiger partial charge in [0, 0.05) is 39.2 Å². The first kappa shape index (κ1) is 22.6. The van der Waals surface area contributed by atoms with Crippen molar-refractivity contribution in [3.05, 3.63) is 66.7 Å². The zero-order chi connectivity index (χ0) is 24.4. The summed E-state index contributed by atoms with van der Waals surface area (Å²) in [4.78, 5) is 36.9. The molecule has 0 saturated carbocycles. The van der Waals surface area contributed by atoms with Crippen LogP contribution in [0.1, 0.15) is 6.42 Å². The molecule has 2 aliphatic heterocycles. The van der Waals surface area contributed by atoms with Gasteiger partial charge in [0.2, 0.25) is 11.8 Å². The Morgan fingerprint density at radius 1 is 1.03 bits per heavy atom. The molecule has 0 radical (unpaired) electrons. The highest BCUT2D eigenvalue weighted by molar-refractivity contribution is 5.99. The molecule has 5 rings (SSSR count). The maximum atomic E-state index is 13.0. The molecule has 2 amide bonds. The molecule has 10 heteroatoms. The molecule has 0 spiro atoms. The van der Waals surface area contributed by atoms with Crippen LogP contribution in [0.25, 0.3) is 0 Å². The van der Waals surface area contributed by atoms with E-state index in [0.717, 1.165) is 5.82 Å². The number of pyridine rings is 2. The molecule has 0 unspecified atom stereocenters. The molecule has 35 heavy (non-hydrogen) atoms. The fourth-order valence-electron chi connectivity index (χ4n) is 4.06. The van der Waals surface area contributed by atoms with E-state index in [0.29, 0.717) is 49.1 Å². The van der Waals surface area contributed by atoms with Crippen LogP contribution in [-0.4, -0.2) is 54.6 Å². The maximum Gasteiger partial charge on any atom is 0.268 e. The van der Waals surface area contributed by atoms with Crippen LogP contribution in [0.2, 0.25) is 0 Å². The number of hydrogen-bond acceptors (Lipinski definition) is 7. The van der Waals surface area contributed by atoms with Gasteiger partial charge in [-0.25, -0.2) is 14.4 Å². The Bertz CT molecular complexity index is 1200. The summed E-state index contributed by atoms with van der Waals surface area (Å²) in [6, 6.07) is 12.7. The highest BCUT2D eigenvalue weighted by atomic mass is 19.1. The molecular formula is C25H24FN5O4. The van der Waals surface area contributed by atoms with Gasteiger partial charge < -0.3 is 24.6 Å². The summed E-state index contributed by atoms with van der Waals surface area (Å²) in [7, 11) is 1.64. The van der Waals surface area contributed by atoms with Crippen LogP contribution in [0.4, 0.5) is 15.9 Å². The van der Waals surface area contributed by atoms with Crippen molar-refractivity contribution in [2.24, 2.45) is 5.92 Å². The number of nitrogens with zero attached hydrogens (tertiary/aromatic N) is 4. The topological polar surface area (TPSA) is 96.9 Å². The van der Waals surface area contributed by atoms with E-state index in [1.807, 2.05) is 17.0 Å². The van der Waals surface area contributed by atoms with Crippen LogP contribution in [0, 0.1) is 11.7 Å². The van der Waals surface area contributed by atoms with E-state index in [9.17, 15) is 14.0 Å². The lowest BCUT2D eigenvalue weighted by molar-refractivity contribution is -0.125. The third kappa shape index (κ3) is 4.86. The van der Waals surface area contributed by atoms with E-state index in [4.69, 9.17) is 9.47 Å². The number of carbonyl (C=O) groups excluding carboxylic acids is 2. The lowest BCUT2D eigenvalue weighted by Crippen LogP contribution is -2.53. The summed E-state index contributed by atoms with van der Waals surface area (Å²) >= 11 is 0. The zero-order valence-corrected chi connectivity index (χ0v) is 19.1. The van der Waals surface area contributed by atoms with Crippen LogP contribution < -0.4 is 24.6 Å². The Kier molecular flexibility index (Phi) is 6.17. The number of ether oxygens (including phenoxy) is 2. The first-order chi connectivity index (χ1) is 17.0. The number of anilines is 2. The Labute approximate surface area is 201 Å². The average molecular weight is 477 g/mol. The van der Waals surface area contributed by atoms with Gasteiger partial charge in [-0.05, 0) is 42.5 Å². The van der Waals surface area contributed by atoms with Gasteiger partial charge in [-0.3, -0.25) is 9.59 Å². The molecule has 2 aromatic heterocycles. The molecule has 1 N–H and O–H groups in total. The smallest absolute Gasteiger partial charge is 0.268 e. The molecule has 9 nitrogen and oxygen atoms in total. The molecule has 3 aromatic rings. The second-order valence-electron chi connectivity index (χ2n) is 8.36. The van der Waals surface area contributed by atoms with Crippen molar-refractivity contribution < 1.29 is 23.5 Å². The van der Waals surface area contributed by atoms with Gasteiger partial charge >= 0.3 is 0 Å². The van der Waals surface area contributed by atoms with Gasteiger partial charge in [-0.1, -0.05) is 0 Å². The summed E-state index contributed by atoms with van der Waals surface area (Å²) in [6.07, 6.45) is 3.08. The van der Waals surface area contributed by atoms with Crippen molar-refractivity contribution in [1.29, 1.82) is 0 Å². The standard InChI is InChI=1S/C25H24FN5O4/c1-27-24(32)16-14-30(15-16)22-8-4-18(12-28-22)31-11-10-21(25(31)33)34-20-7-9-23(29-13-20)35-19-5-2-17(26)3-6-19/h2-9,12-13,16,21H,10-11,14-15H2,1H3,(H,27,32)/t21-/m1/s1. The van der Waals surface area contributed by atoms with E-state index in [1.165, 1.54) is 30.5 Å². The van der Waals surface area contributed by atoms with Gasteiger partial charge in [-0.2, -0.15) is 0 Å². The second-order valence-corrected chi connectivity index (χ2v) is 8.36. The Hall–Kier alpha value is -4.21. The predicted molar refractivity (Wildman–Crippen MR) is 126 cm³/mol. The van der Waals surface area contributed by atoms with E-state index >= 15 is 0 Å². The van der Waals surface area contributed by atoms with Crippen molar-refractivity contribution in [2.75, 3.05) is 36.5 Å². The van der Waals surface area contributed by atoms with Gasteiger partial charge in [0.05, 0.1) is 24.0 Å². The minimum Gasteiger partial charge on any atom is -0.479 e. The van der Waals surface area contributed by atoms with Gasteiger partial charge in [0.1, 0.15) is 23.1 Å². The normalized spacial score (nSPS) is 17.8. The van der Waals surface area contributed by atoms with Crippen molar-refractivity contribution >= 4 is 23.3 Å². The summed E-state index contributed by atoms with van der Waals surface area (Å²) in [5.74, 6) is 1.57. The van der Waals surface area contributed by atoms with E-state index in [1.54, 1.807) is 30.3 Å². The lowest BCUT2D eigenvalue weighted by Gasteiger charge is -2.38. The van der Waals surface area contributed by atoms with Gasteiger partial charge in [0.25, 0.3) is 5.91 Å². The summed E-state index contributed by atoms with van der Waals surface area (Å²) in [6.45, 7) is 1.78. The number of hydrogen-bond donors (Lipinski definition) is 1. The number of amides is 2. The predicted octanol–water partition coefficient (Wildman–Crippen LogP) is 2.77. The van der Waals surface area contributed by atoms with Crippen LogP contribution in [0.5, 0.6) is 17.4 Å². The van der Waals surface area contributed by atoms with E-state index < -0.39 is 6.10 Å². The Balaban J connectivity index is 1.15. The van der Waals surface area contributed by atoms with Gasteiger partial charge in [0.15, 0.2) is 6.10 Å². The van der Waals surface area contributed by atoms with Crippen LogP contribution >= 0.6 is 0 Å². The first-order valence-corrected chi connectivity index (χ1v) is 11.3. The highest BCUT2D eigenvalue weighted by Gasteiger charge is 2.35. The molecule has 1 atom stereocenters. The maximum absolute atomic E-state index is 13.0. The Morgan fingerprint density at radius 2 is 1.80 bits per heavy atom. The second kappa shape index (κ2) is 9.57. The largest absolute Gasteiger partial charge is 0.479 e. The number of carbonyl (C=O) groups is 2. The summed E-state index contributed by atoms with van der Waals surface area (Å²) < 4.78 is 24.5. The van der Waals surface area contributed by atoms with Gasteiger partial charge in [-0.15, -0.1) is 0 Å². The van der Waals surface area contributed by atoms with E-state index in [2.05, 4.69) is 15.3 Å². The minimum atomic E-state index is -0.621. The summed E-state index contributed by atoms with van der Waals surface area (Å²) in [5, 5.41) is 2.66. The molecule has 180 valence electrons. The molecule has 1 aromatic carbocycles. The molecule has 4 heterocycles. The summed E-state index contributed by atoms with van der Waals surface area (Å²) in [5.41, 5.74) is 0.703. The lowest BCUT2D eigenvalue weighted by atomic mass is 9.99. The molecule has 2 aliphatic rings. The van der Waals surface area contributed by atoms with Crippen molar-refractivity contribution in [2.45, 2.75) is 12.5 Å². The number of halogens is 1. The number of nitrogens with one attached hydrogen (secondary N) is 1. The van der Waals surface area contributed by atoms with Crippen molar-refractivity contribution in [3.8, 4) is 17.4 Å². The van der Waals surface area contributed by atoms with Crippen molar-refractivity contribution in [1.82, 2.24) is 15.3 Å². The first-order valence-electron chi connectivity index (χ1n) is 11.3. The number of benzene rings is 1. The Morgan fingerprint density at radius 3 is 2.46 bits per heavy atom. The minimum absolute atomic E-state index is 0.0161. The fraction of sp³-hybridized carbons (Fsp3) is 0.280. The number of rotatable bonds is 7. The third-order valence-electron chi connectivity index (χ3n) is 6.05. The quantitative estimate of drug-likeness (QED) is 0.559. The molecular weight excluding hydrogens is 453 g/mol. The van der Waals surface area contributed by atoms with Crippen LogP contribution in [0.3, 0.4) is 0 Å². The third-order valence-corrected chi connectivity index (χ3v) is 6.05. The van der Waals surface area contributed by atoms with Crippen molar-refractivity contribution in [3.63, 3.8) is 0 Å². The molecule has 0 bridgehead atoms. The highest BCUT2D eigenvalue weighted by Crippen LogP contribution is 2.28. The monoisotopic (exact) mass is 477 g/mol. The number of aromatic nitrogens is 2. The average Bonchev–Trinajstić information content (AvgIpc) is 3.21. The van der Waals surface area contributed by atoms with Crippen LogP contribution in [0.15, 0.2) is 60.9 Å². The SMILES string of the molecule is CNC(=O)C1CN(c2ccc(N3CC[C@@H](Oc4ccc(Oc5ccc(F)cc5)nc4)C3=O)cn2)C1. The molecule has 0 aliphatic carbocycles. The fourth-order valence-corrected chi connectivity index (χ4v) is 4.06. The zero-order valence-electron chi connectivity index (χ0n) is 19.1. The van der Waals surface area contributed by atoms with Crippen LogP contribution in [-0.2, 0) is 9.59 Å². The molecule has 2 fully saturated rings. The van der Waals surface area contributed by atoms with E-state index in [-0.39, 0.29) is 23.5 Å². The molecule has 2 saturated heterocycles.